The van der Waals surface area contributed by atoms with Crippen LogP contribution >= 0.6 is 27.3 Å². The Morgan fingerprint density at radius 3 is 2.29 bits per heavy atom. The van der Waals surface area contributed by atoms with E-state index in [2.05, 4.69) is 46.8 Å². The van der Waals surface area contributed by atoms with Gasteiger partial charge in [-0.05, 0) is 77.8 Å². The van der Waals surface area contributed by atoms with Crippen LogP contribution in [0.3, 0.4) is 0 Å². The number of aryl methyl sites for hydroxylation is 2. The zero-order chi connectivity index (χ0) is 21.8. The number of anilines is 5. The third kappa shape index (κ3) is 5.65. The Morgan fingerprint density at radius 1 is 0.903 bits per heavy atom. The van der Waals surface area contributed by atoms with Gasteiger partial charge in [0.05, 0.1) is 4.88 Å². The first-order valence-corrected chi connectivity index (χ1v) is 11.1. The van der Waals surface area contributed by atoms with Crippen molar-refractivity contribution in [2.24, 2.45) is 0 Å². The van der Waals surface area contributed by atoms with Gasteiger partial charge < -0.3 is 16.0 Å². The van der Waals surface area contributed by atoms with Crippen LogP contribution in [-0.4, -0.2) is 20.9 Å². The Balaban J connectivity index is 1.44. The molecule has 0 spiro atoms. The molecule has 3 N–H and O–H groups in total. The summed E-state index contributed by atoms with van der Waals surface area (Å²) in [4.78, 5) is 26.1. The first-order chi connectivity index (χ1) is 14.9. The predicted molar refractivity (Wildman–Crippen MR) is 129 cm³/mol. The lowest BCUT2D eigenvalue weighted by atomic mass is 10.2. The van der Waals surface area contributed by atoms with Crippen LogP contribution in [0.4, 0.5) is 28.8 Å². The summed E-state index contributed by atoms with van der Waals surface area (Å²) < 4.78 is 0.898. The van der Waals surface area contributed by atoms with Crippen molar-refractivity contribution in [3.8, 4) is 0 Å². The van der Waals surface area contributed by atoms with Gasteiger partial charge in [0.25, 0.3) is 5.91 Å². The highest BCUT2D eigenvalue weighted by Crippen LogP contribution is 2.23. The number of amides is 1. The van der Waals surface area contributed by atoms with Crippen LogP contribution in [0.5, 0.6) is 0 Å². The topological polar surface area (TPSA) is 91.8 Å². The van der Waals surface area contributed by atoms with Crippen LogP contribution in [-0.2, 0) is 0 Å². The van der Waals surface area contributed by atoms with Crippen LogP contribution in [0, 0.1) is 13.8 Å². The van der Waals surface area contributed by atoms with Crippen LogP contribution in [0.15, 0.2) is 64.6 Å². The second kappa shape index (κ2) is 9.23. The number of carbonyl (C=O) groups excluding carboxylic acids is 1. The van der Waals surface area contributed by atoms with E-state index in [0.29, 0.717) is 28.0 Å². The summed E-state index contributed by atoms with van der Waals surface area (Å²) in [5.41, 5.74) is 2.67. The SMILES string of the molecule is Cc1ccnc(Nc2cc(Nc3ccc(NC(=O)c4cc(Br)cs4)cc3)nc(C)n2)c1. The molecule has 0 radical (unpaired) electrons. The van der Waals surface area contributed by atoms with Gasteiger partial charge in [0.15, 0.2) is 0 Å². The molecule has 156 valence electrons. The summed E-state index contributed by atoms with van der Waals surface area (Å²) in [6.45, 7) is 3.85. The molecule has 0 unspecified atom stereocenters. The summed E-state index contributed by atoms with van der Waals surface area (Å²) in [5.74, 6) is 2.53. The molecule has 9 heteroatoms. The number of carbonyl (C=O) groups is 1. The highest BCUT2D eigenvalue weighted by molar-refractivity contribution is 9.10. The molecule has 0 fully saturated rings. The summed E-state index contributed by atoms with van der Waals surface area (Å²) in [6.07, 6.45) is 1.75. The van der Waals surface area contributed by atoms with Crippen LogP contribution in [0.2, 0.25) is 0 Å². The van der Waals surface area contributed by atoms with Crippen molar-refractivity contribution in [3.63, 3.8) is 0 Å². The maximum Gasteiger partial charge on any atom is 0.265 e. The molecule has 0 saturated carbocycles. The van der Waals surface area contributed by atoms with E-state index in [1.807, 2.05) is 61.7 Å². The van der Waals surface area contributed by atoms with Gasteiger partial charge in [-0.3, -0.25) is 4.79 Å². The lowest BCUT2D eigenvalue weighted by Gasteiger charge is -2.11. The second-order valence-corrected chi connectivity index (χ2v) is 8.64. The minimum atomic E-state index is -0.136. The van der Waals surface area contributed by atoms with E-state index in [1.54, 1.807) is 12.3 Å². The molecule has 3 aromatic heterocycles. The van der Waals surface area contributed by atoms with Crippen molar-refractivity contribution in [2.45, 2.75) is 13.8 Å². The molecule has 0 bridgehead atoms. The van der Waals surface area contributed by atoms with Crippen LogP contribution < -0.4 is 16.0 Å². The molecule has 0 atom stereocenters. The van der Waals surface area contributed by atoms with E-state index >= 15 is 0 Å². The van der Waals surface area contributed by atoms with Gasteiger partial charge in [0.1, 0.15) is 23.3 Å². The van der Waals surface area contributed by atoms with Crippen molar-refractivity contribution < 1.29 is 4.79 Å². The number of halogens is 1. The number of hydrogen-bond acceptors (Lipinski definition) is 7. The highest BCUT2D eigenvalue weighted by atomic mass is 79.9. The average molecular weight is 495 g/mol. The monoisotopic (exact) mass is 494 g/mol. The Labute approximate surface area is 192 Å². The number of benzene rings is 1. The van der Waals surface area contributed by atoms with Crippen molar-refractivity contribution in [1.29, 1.82) is 0 Å². The molecule has 0 saturated heterocycles. The van der Waals surface area contributed by atoms with Gasteiger partial charge in [-0.2, -0.15) is 0 Å². The van der Waals surface area contributed by atoms with Gasteiger partial charge in [-0.1, -0.05) is 0 Å². The Morgan fingerprint density at radius 2 is 1.61 bits per heavy atom. The van der Waals surface area contributed by atoms with Crippen molar-refractivity contribution >= 4 is 62.0 Å². The third-order valence-electron chi connectivity index (χ3n) is 4.22. The molecule has 31 heavy (non-hydrogen) atoms. The quantitative estimate of drug-likeness (QED) is 0.302. The number of rotatable bonds is 6. The maximum atomic E-state index is 12.3. The minimum Gasteiger partial charge on any atom is -0.340 e. The molecule has 1 aromatic carbocycles. The number of pyridine rings is 1. The molecule has 0 aliphatic rings. The van der Waals surface area contributed by atoms with Gasteiger partial charge in [0.2, 0.25) is 0 Å². The van der Waals surface area contributed by atoms with E-state index in [-0.39, 0.29) is 5.91 Å². The largest absolute Gasteiger partial charge is 0.340 e. The first-order valence-electron chi connectivity index (χ1n) is 9.42. The van der Waals surface area contributed by atoms with Crippen molar-refractivity contribution in [2.75, 3.05) is 16.0 Å². The fraction of sp³-hybridized carbons (Fsp3) is 0.0909. The highest BCUT2D eigenvalue weighted by Gasteiger charge is 2.09. The number of aromatic nitrogens is 3. The zero-order valence-corrected chi connectivity index (χ0v) is 19.2. The van der Waals surface area contributed by atoms with Crippen molar-refractivity contribution in [3.05, 3.63) is 80.8 Å². The van der Waals surface area contributed by atoms with Gasteiger partial charge in [0, 0.05) is 33.5 Å². The minimum absolute atomic E-state index is 0.136. The number of nitrogens with one attached hydrogen (secondary N) is 3. The van der Waals surface area contributed by atoms with Gasteiger partial charge in [-0.15, -0.1) is 11.3 Å². The predicted octanol–water partition coefficient (Wildman–Crippen LogP) is 6.05. The third-order valence-corrected chi connectivity index (χ3v) is 5.91. The fourth-order valence-corrected chi connectivity index (χ4v) is 4.16. The number of thiophene rings is 1. The molecule has 3 heterocycles. The van der Waals surface area contributed by atoms with Crippen LogP contribution in [0.1, 0.15) is 21.1 Å². The van der Waals surface area contributed by atoms with Crippen LogP contribution in [0.25, 0.3) is 0 Å². The summed E-state index contributed by atoms with van der Waals surface area (Å²) in [7, 11) is 0. The van der Waals surface area contributed by atoms with Crippen molar-refractivity contribution in [1.82, 2.24) is 15.0 Å². The first kappa shape index (κ1) is 21.0. The van der Waals surface area contributed by atoms with Gasteiger partial charge >= 0.3 is 0 Å². The molecule has 4 aromatic rings. The van der Waals surface area contributed by atoms with E-state index < -0.39 is 0 Å². The summed E-state index contributed by atoms with van der Waals surface area (Å²) in [6, 6.07) is 15.0. The van der Waals surface area contributed by atoms with E-state index in [4.69, 9.17) is 0 Å². The molecular formula is C22H19BrN6OS. The Hall–Kier alpha value is -3.30. The molecule has 7 nitrogen and oxygen atoms in total. The smallest absolute Gasteiger partial charge is 0.265 e. The molecule has 0 aliphatic heterocycles. The number of nitrogens with zero attached hydrogens (tertiary/aromatic N) is 3. The lowest BCUT2D eigenvalue weighted by Crippen LogP contribution is -2.10. The Bertz CT molecular complexity index is 1220. The number of hydrogen-bond donors (Lipinski definition) is 3. The Kier molecular flexibility index (Phi) is 6.24. The molecule has 0 aliphatic carbocycles. The molecule has 1 amide bonds. The van der Waals surface area contributed by atoms with E-state index in [0.717, 1.165) is 21.5 Å². The van der Waals surface area contributed by atoms with Gasteiger partial charge in [-0.25, -0.2) is 15.0 Å². The fourth-order valence-electron chi connectivity index (χ4n) is 2.84. The summed E-state index contributed by atoms with van der Waals surface area (Å²) >= 11 is 4.75. The second-order valence-electron chi connectivity index (χ2n) is 6.81. The maximum absolute atomic E-state index is 12.3. The zero-order valence-electron chi connectivity index (χ0n) is 16.8. The molecule has 4 rings (SSSR count). The lowest BCUT2D eigenvalue weighted by molar-refractivity contribution is 0.103. The summed E-state index contributed by atoms with van der Waals surface area (Å²) in [5, 5.41) is 11.2. The average Bonchev–Trinajstić information content (AvgIpc) is 3.16. The van der Waals surface area contributed by atoms with E-state index in [9.17, 15) is 4.79 Å². The van der Waals surface area contributed by atoms with E-state index in [1.165, 1.54) is 11.3 Å². The normalized spacial score (nSPS) is 10.5. The standard InChI is InChI=1S/C22H19BrN6OS/c1-13-7-8-24-19(9-13)29-21-11-20(25-14(2)26-21)27-16-3-5-17(6-4-16)28-22(30)18-10-15(23)12-31-18/h3-12H,1-2H3,(H,28,30)(H2,24,25,26,27,29). The molecular weight excluding hydrogens is 476 g/mol.